The molecule has 3 N–H and O–H groups in total. The maximum Gasteiger partial charge on any atom is 0.223 e. The van der Waals surface area contributed by atoms with Crippen LogP contribution in [-0.4, -0.2) is 10.9 Å². The number of nitrogens with two attached hydrogens (primary N) is 1. The van der Waals surface area contributed by atoms with Gasteiger partial charge in [0.05, 0.1) is 17.9 Å². The summed E-state index contributed by atoms with van der Waals surface area (Å²) in [5, 5.41) is 2.82. The van der Waals surface area contributed by atoms with E-state index in [0.29, 0.717) is 12.2 Å². The Balaban J connectivity index is 1.91. The molecule has 1 aliphatic carbocycles. The molecule has 1 fully saturated rings. The minimum Gasteiger partial charge on any atom is -0.397 e. The van der Waals surface area contributed by atoms with Crippen molar-refractivity contribution in [1.82, 2.24) is 10.3 Å². The molecular formula is C10H13N3O. The molecule has 0 spiro atoms. The second kappa shape index (κ2) is 3.65. The lowest BCUT2D eigenvalue weighted by atomic mass is 10.3. The minimum atomic E-state index is 0.120. The average molecular weight is 191 g/mol. The van der Waals surface area contributed by atoms with Gasteiger partial charge >= 0.3 is 0 Å². The zero-order chi connectivity index (χ0) is 9.97. The van der Waals surface area contributed by atoms with Crippen molar-refractivity contribution >= 4 is 11.6 Å². The normalized spacial score (nSPS) is 15.1. The summed E-state index contributed by atoms with van der Waals surface area (Å²) in [6, 6.07) is 3.56. The van der Waals surface area contributed by atoms with E-state index in [1.165, 1.54) is 0 Å². The number of hydrogen-bond donors (Lipinski definition) is 2. The third-order valence-electron chi connectivity index (χ3n) is 2.30. The van der Waals surface area contributed by atoms with Crippen LogP contribution in [0, 0.1) is 5.92 Å². The summed E-state index contributed by atoms with van der Waals surface area (Å²) in [5.74, 6) is 0.356. The Labute approximate surface area is 82.5 Å². The average Bonchev–Trinajstić information content (AvgIpc) is 2.99. The summed E-state index contributed by atoms with van der Waals surface area (Å²) in [5.41, 5.74) is 7.05. The van der Waals surface area contributed by atoms with Gasteiger partial charge in [-0.05, 0) is 25.0 Å². The number of rotatable bonds is 3. The number of carbonyl (C=O) groups is 1. The van der Waals surface area contributed by atoms with Crippen LogP contribution in [0.4, 0.5) is 5.69 Å². The fourth-order valence-electron chi connectivity index (χ4n) is 1.26. The molecule has 1 saturated carbocycles. The summed E-state index contributed by atoms with van der Waals surface area (Å²) >= 11 is 0. The number of carbonyl (C=O) groups excluding carboxylic acids is 1. The fraction of sp³-hybridized carbons (Fsp3) is 0.400. The molecule has 2 rings (SSSR count). The summed E-state index contributed by atoms with van der Waals surface area (Å²) in [6.07, 6.45) is 3.71. The van der Waals surface area contributed by atoms with Gasteiger partial charge in [0, 0.05) is 12.1 Å². The topological polar surface area (TPSA) is 68.0 Å². The molecular weight excluding hydrogens is 178 g/mol. The van der Waals surface area contributed by atoms with Crippen molar-refractivity contribution < 1.29 is 4.79 Å². The van der Waals surface area contributed by atoms with E-state index in [4.69, 9.17) is 5.73 Å². The lowest BCUT2D eigenvalue weighted by molar-refractivity contribution is -0.122. The number of nitrogens with one attached hydrogen (secondary N) is 1. The van der Waals surface area contributed by atoms with Crippen molar-refractivity contribution in [3.63, 3.8) is 0 Å². The Kier molecular flexibility index (Phi) is 2.35. The maximum absolute atomic E-state index is 11.3. The van der Waals surface area contributed by atoms with Crippen LogP contribution >= 0.6 is 0 Å². The van der Waals surface area contributed by atoms with Gasteiger partial charge in [0.1, 0.15) is 0 Å². The third-order valence-corrected chi connectivity index (χ3v) is 2.30. The molecule has 1 aliphatic rings. The molecule has 0 unspecified atom stereocenters. The highest BCUT2D eigenvalue weighted by Crippen LogP contribution is 2.28. The van der Waals surface area contributed by atoms with Crippen molar-refractivity contribution in [2.75, 3.05) is 5.73 Å². The first-order chi connectivity index (χ1) is 6.77. The van der Waals surface area contributed by atoms with E-state index in [9.17, 15) is 4.79 Å². The van der Waals surface area contributed by atoms with Crippen LogP contribution in [0.1, 0.15) is 18.5 Å². The van der Waals surface area contributed by atoms with Crippen molar-refractivity contribution in [3.05, 3.63) is 24.0 Å². The zero-order valence-electron chi connectivity index (χ0n) is 7.86. The highest BCUT2D eigenvalue weighted by molar-refractivity contribution is 5.80. The number of pyridine rings is 1. The van der Waals surface area contributed by atoms with E-state index in [0.717, 1.165) is 18.5 Å². The van der Waals surface area contributed by atoms with Gasteiger partial charge in [-0.1, -0.05) is 0 Å². The van der Waals surface area contributed by atoms with E-state index in [1.807, 2.05) is 0 Å². The summed E-state index contributed by atoms with van der Waals surface area (Å²) in [4.78, 5) is 15.4. The minimum absolute atomic E-state index is 0.120. The number of amides is 1. The third kappa shape index (κ3) is 2.02. The highest BCUT2D eigenvalue weighted by atomic mass is 16.2. The van der Waals surface area contributed by atoms with Gasteiger partial charge in [-0.3, -0.25) is 9.78 Å². The van der Waals surface area contributed by atoms with Crippen LogP contribution in [0.25, 0.3) is 0 Å². The molecule has 1 aromatic heterocycles. The van der Waals surface area contributed by atoms with E-state index in [-0.39, 0.29) is 11.8 Å². The van der Waals surface area contributed by atoms with Gasteiger partial charge in [0.25, 0.3) is 0 Å². The second-order valence-electron chi connectivity index (χ2n) is 3.53. The number of anilines is 1. The molecule has 0 aliphatic heterocycles. The molecule has 0 radical (unpaired) electrons. The van der Waals surface area contributed by atoms with E-state index < -0.39 is 0 Å². The van der Waals surface area contributed by atoms with Crippen molar-refractivity contribution in [1.29, 1.82) is 0 Å². The van der Waals surface area contributed by atoms with Crippen LogP contribution in [-0.2, 0) is 11.3 Å². The summed E-state index contributed by atoms with van der Waals surface area (Å²) in [7, 11) is 0. The van der Waals surface area contributed by atoms with Crippen LogP contribution in [0.2, 0.25) is 0 Å². The Morgan fingerprint density at radius 3 is 3.07 bits per heavy atom. The Morgan fingerprint density at radius 1 is 1.64 bits per heavy atom. The molecule has 0 bridgehead atoms. The first-order valence-corrected chi connectivity index (χ1v) is 4.74. The van der Waals surface area contributed by atoms with Crippen LogP contribution < -0.4 is 11.1 Å². The standard InChI is InChI=1S/C10H13N3O/c11-8-2-1-5-12-9(8)6-13-10(14)7-3-4-7/h1-2,5,7H,3-4,6,11H2,(H,13,14). The molecule has 74 valence electrons. The predicted molar refractivity (Wildman–Crippen MR) is 53.2 cm³/mol. The van der Waals surface area contributed by atoms with Gasteiger partial charge < -0.3 is 11.1 Å². The van der Waals surface area contributed by atoms with E-state index >= 15 is 0 Å². The number of nitrogen functional groups attached to an aromatic ring is 1. The maximum atomic E-state index is 11.3. The fourth-order valence-corrected chi connectivity index (χ4v) is 1.26. The predicted octanol–water partition coefficient (Wildman–Crippen LogP) is 0.690. The second-order valence-corrected chi connectivity index (χ2v) is 3.53. The van der Waals surface area contributed by atoms with Gasteiger partial charge in [0.2, 0.25) is 5.91 Å². The quantitative estimate of drug-likeness (QED) is 0.738. The Morgan fingerprint density at radius 2 is 2.43 bits per heavy atom. The Hall–Kier alpha value is -1.58. The number of hydrogen-bond acceptors (Lipinski definition) is 3. The number of nitrogens with zero attached hydrogens (tertiary/aromatic N) is 1. The molecule has 0 aromatic carbocycles. The van der Waals surface area contributed by atoms with Crippen LogP contribution in [0.15, 0.2) is 18.3 Å². The molecule has 1 amide bonds. The highest BCUT2D eigenvalue weighted by Gasteiger charge is 2.29. The summed E-state index contributed by atoms with van der Waals surface area (Å²) < 4.78 is 0. The van der Waals surface area contributed by atoms with E-state index in [2.05, 4.69) is 10.3 Å². The Bertz CT molecular complexity index is 347. The van der Waals surface area contributed by atoms with Gasteiger partial charge in [0.15, 0.2) is 0 Å². The summed E-state index contributed by atoms with van der Waals surface area (Å²) in [6.45, 7) is 0.433. The molecule has 0 saturated heterocycles. The number of aromatic nitrogens is 1. The zero-order valence-corrected chi connectivity index (χ0v) is 7.86. The first kappa shape index (κ1) is 8.99. The molecule has 4 heteroatoms. The molecule has 1 aromatic rings. The monoisotopic (exact) mass is 191 g/mol. The van der Waals surface area contributed by atoms with Gasteiger partial charge in [-0.2, -0.15) is 0 Å². The molecule has 0 atom stereocenters. The first-order valence-electron chi connectivity index (χ1n) is 4.74. The SMILES string of the molecule is Nc1cccnc1CNC(=O)C1CC1. The van der Waals surface area contributed by atoms with Gasteiger partial charge in [-0.25, -0.2) is 0 Å². The van der Waals surface area contributed by atoms with Gasteiger partial charge in [-0.15, -0.1) is 0 Å². The van der Waals surface area contributed by atoms with E-state index in [1.54, 1.807) is 18.3 Å². The largest absolute Gasteiger partial charge is 0.397 e. The molecule has 4 nitrogen and oxygen atoms in total. The van der Waals surface area contributed by atoms with Crippen LogP contribution in [0.5, 0.6) is 0 Å². The lowest BCUT2D eigenvalue weighted by Crippen LogP contribution is -2.25. The smallest absolute Gasteiger partial charge is 0.223 e. The van der Waals surface area contributed by atoms with Crippen LogP contribution in [0.3, 0.4) is 0 Å². The lowest BCUT2D eigenvalue weighted by Gasteiger charge is -2.05. The van der Waals surface area contributed by atoms with Crippen molar-refractivity contribution in [2.24, 2.45) is 5.92 Å². The molecule has 1 heterocycles. The van der Waals surface area contributed by atoms with Crippen molar-refractivity contribution in [3.8, 4) is 0 Å². The molecule has 14 heavy (non-hydrogen) atoms. The van der Waals surface area contributed by atoms with Crippen molar-refractivity contribution in [2.45, 2.75) is 19.4 Å².